The summed E-state index contributed by atoms with van der Waals surface area (Å²) in [5.74, 6) is 0.544. The molecule has 5 nitrogen and oxygen atoms in total. The summed E-state index contributed by atoms with van der Waals surface area (Å²) in [6, 6.07) is 5.32. The summed E-state index contributed by atoms with van der Waals surface area (Å²) in [5.41, 5.74) is 0.516. The van der Waals surface area contributed by atoms with Gasteiger partial charge >= 0.3 is 0 Å². The molecule has 0 fully saturated rings. The van der Waals surface area contributed by atoms with Gasteiger partial charge in [0.1, 0.15) is 12.4 Å². The summed E-state index contributed by atoms with van der Waals surface area (Å²) >= 11 is 3.35. The van der Waals surface area contributed by atoms with Crippen molar-refractivity contribution in [1.29, 1.82) is 0 Å². The number of carbonyl (C=O) groups excluding carboxylic acids is 1. The molecule has 0 N–H and O–H groups in total. The summed E-state index contributed by atoms with van der Waals surface area (Å²) in [4.78, 5) is 10.9. The fourth-order valence-corrected chi connectivity index (χ4v) is 1.93. The van der Waals surface area contributed by atoms with Crippen molar-refractivity contribution < 1.29 is 23.7 Å². The predicted molar refractivity (Wildman–Crippen MR) is 78.5 cm³/mol. The third-order valence-corrected chi connectivity index (χ3v) is 3.03. The Balaban J connectivity index is 2.14. The maximum absolute atomic E-state index is 10.9. The van der Waals surface area contributed by atoms with E-state index < -0.39 is 0 Å². The Morgan fingerprint density at radius 2 is 1.70 bits per heavy atom. The first-order valence-electron chi connectivity index (χ1n) is 6.30. The van der Waals surface area contributed by atoms with Crippen molar-refractivity contribution >= 4 is 22.2 Å². The molecular formula is C14H19BrO5. The molecule has 1 aromatic carbocycles. The molecule has 0 aliphatic heterocycles. The van der Waals surface area contributed by atoms with Crippen LogP contribution in [0.3, 0.4) is 0 Å². The molecule has 112 valence electrons. The smallest absolute Gasteiger partial charge is 0.153 e. The minimum absolute atomic E-state index is 0.377. The number of aldehydes is 1. The molecule has 0 aliphatic carbocycles. The van der Waals surface area contributed by atoms with Crippen molar-refractivity contribution in [2.45, 2.75) is 0 Å². The van der Waals surface area contributed by atoms with Crippen molar-refractivity contribution in [2.75, 3.05) is 46.8 Å². The average molecular weight is 347 g/mol. The van der Waals surface area contributed by atoms with E-state index in [1.165, 1.54) is 0 Å². The molecule has 0 aromatic heterocycles. The molecule has 0 bridgehead atoms. The molecule has 1 rings (SSSR count). The number of para-hydroxylation sites is 1. The van der Waals surface area contributed by atoms with Crippen molar-refractivity contribution in [2.24, 2.45) is 0 Å². The maximum Gasteiger partial charge on any atom is 0.153 e. The monoisotopic (exact) mass is 346 g/mol. The van der Waals surface area contributed by atoms with E-state index in [0.29, 0.717) is 51.0 Å². The zero-order chi connectivity index (χ0) is 14.6. The largest absolute Gasteiger partial charge is 0.489 e. The zero-order valence-electron chi connectivity index (χ0n) is 11.5. The Labute approximate surface area is 127 Å². The zero-order valence-corrected chi connectivity index (χ0v) is 13.1. The lowest BCUT2D eigenvalue weighted by molar-refractivity contribution is 0.0179. The van der Waals surface area contributed by atoms with Crippen LogP contribution in [0.1, 0.15) is 10.4 Å². The topological polar surface area (TPSA) is 54.0 Å². The molecular weight excluding hydrogens is 328 g/mol. The highest BCUT2D eigenvalue weighted by molar-refractivity contribution is 9.10. The van der Waals surface area contributed by atoms with E-state index in [-0.39, 0.29) is 0 Å². The Bertz CT molecular complexity index is 397. The maximum atomic E-state index is 10.9. The molecule has 0 heterocycles. The van der Waals surface area contributed by atoms with Gasteiger partial charge in [-0.2, -0.15) is 0 Å². The molecule has 0 unspecified atom stereocenters. The second-order valence-electron chi connectivity index (χ2n) is 3.84. The van der Waals surface area contributed by atoms with Gasteiger partial charge in [-0.15, -0.1) is 0 Å². The van der Waals surface area contributed by atoms with Crippen molar-refractivity contribution in [3.05, 3.63) is 28.2 Å². The third-order valence-electron chi connectivity index (χ3n) is 2.40. The van der Waals surface area contributed by atoms with Crippen LogP contribution in [0.2, 0.25) is 0 Å². The number of hydrogen-bond donors (Lipinski definition) is 0. The summed E-state index contributed by atoms with van der Waals surface area (Å²) in [6.07, 6.45) is 0.768. The summed E-state index contributed by atoms with van der Waals surface area (Å²) < 4.78 is 21.7. The van der Waals surface area contributed by atoms with Crippen LogP contribution in [0.4, 0.5) is 0 Å². The van der Waals surface area contributed by atoms with Gasteiger partial charge in [0.25, 0.3) is 0 Å². The van der Waals surface area contributed by atoms with Crippen molar-refractivity contribution in [1.82, 2.24) is 0 Å². The minimum Gasteiger partial charge on any atom is -0.489 e. The van der Waals surface area contributed by atoms with E-state index in [2.05, 4.69) is 15.9 Å². The van der Waals surface area contributed by atoms with Crippen LogP contribution in [0, 0.1) is 0 Å². The van der Waals surface area contributed by atoms with Gasteiger partial charge in [-0.1, -0.05) is 6.07 Å². The van der Waals surface area contributed by atoms with E-state index >= 15 is 0 Å². The van der Waals surface area contributed by atoms with Crippen LogP contribution < -0.4 is 4.74 Å². The highest BCUT2D eigenvalue weighted by atomic mass is 79.9. The predicted octanol–water partition coefficient (Wildman–Crippen LogP) is 2.32. The molecule has 0 saturated carbocycles. The molecule has 0 spiro atoms. The SMILES string of the molecule is COCCOCCOCCOc1c(Br)cccc1C=O. The fourth-order valence-electron chi connectivity index (χ4n) is 1.44. The Kier molecular flexibility index (Phi) is 9.23. The quantitative estimate of drug-likeness (QED) is 0.454. The van der Waals surface area contributed by atoms with Gasteiger partial charge in [-0.25, -0.2) is 0 Å². The van der Waals surface area contributed by atoms with E-state index in [9.17, 15) is 4.79 Å². The molecule has 20 heavy (non-hydrogen) atoms. The lowest BCUT2D eigenvalue weighted by Crippen LogP contribution is -2.12. The molecule has 0 radical (unpaired) electrons. The van der Waals surface area contributed by atoms with E-state index in [4.69, 9.17) is 18.9 Å². The molecule has 0 atom stereocenters. The van der Waals surface area contributed by atoms with Crippen molar-refractivity contribution in [3.8, 4) is 5.75 Å². The first-order chi connectivity index (χ1) is 9.79. The van der Waals surface area contributed by atoms with E-state index in [0.717, 1.165) is 10.8 Å². The lowest BCUT2D eigenvalue weighted by atomic mass is 10.2. The van der Waals surface area contributed by atoms with Crippen LogP contribution in [-0.4, -0.2) is 53.0 Å². The second-order valence-corrected chi connectivity index (χ2v) is 4.70. The first-order valence-corrected chi connectivity index (χ1v) is 7.09. The summed E-state index contributed by atoms with van der Waals surface area (Å²) in [5, 5.41) is 0. The van der Waals surface area contributed by atoms with Gasteiger partial charge in [0, 0.05) is 7.11 Å². The van der Waals surface area contributed by atoms with Crippen LogP contribution in [0.15, 0.2) is 22.7 Å². The third kappa shape index (κ3) is 6.47. The van der Waals surface area contributed by atoms with Gasteiger partial charge in [-0.05, 0) is 28.1 Å². The Morgan fingerprint density at radius 3 is 2.35 bits per heavy atom. The highest BCUT2D eigenvalue weighted by Gasteiger charge is 2.06. The highest BCUT2D eigenvalue weighted by Crippen LogP contribution is 2.27. The van der Waals surface area contributed by atoms with Gasteiger partial charge in [0.05, 0.1) is 43.1 Å². The van der Waals surface area contributed by atoms with Crippen LogP contribution in [-0.2, 0) is 14.2 Å². The van der Waals surface area contributed by atoms with Crippen LogP contribution in [0.5, 0.6) is 5.75 Å². The number of ether oxygens (including phenoxy) is 4. The fraction of sp³-hybridized carbons (Fsp3) is 0.500. The number of halogens is 1. The standard InChI is InChI=1S/C14H19BrO5/c1-17-5-6-18-7-8-19-9-10-20-14-12(11-16)3-2-4-13(14)15/h2-4,11H,5-10H2,1H3. The number of rotatable bonds is 11. The van der Waals surface area contributed by atoms with Gasteiger partial charge in [-0.3, -0.25) is 4.79 Å². The Hall–Kier alpha value is -0.950. The molecule has 1 aromatic rings. The number of methoxy groups -OCH3 is 1. The Morgan fingerprint density at radius 1 is 1.05 bits per heavy atom. The second kappa shape index (κ2) is 10.8. The van der Waals surface area contributed by atoms with Gasteiger partial charge in [0.15, 0.2) is 6.29 Å². The summed E-state index contributed by atoms with van der Waals surface area (Å²) in [6.45, 7) is 2.99. The number of benzene rings is 1. The number of carbonyl (C=O) groups is 1. The van der Waals surface area contributed by atoms with Gasteiger partial charge in [0.2, 0.25) is 0 Å². The molecule has 6 heteroatoms. The van der Waals surface area contributed by atoms with Crippen LogP contribution in [0.25, 0.3) is 0 Å². The first kappa shape index (κ1) is 17.1. The van der Waals surface area contributed by atoms with E-state index in [1.807, 2.05) is 6.07 Å². The summed E-state index contributed by atoms with van der Waals surface area (Å²) in [7, 11) is 1.63. The molecule has 0 amide bonds. The minimum atomic E-state index is 0.377. The lowest BCUT2D eigenvalue weighted by Gasteiger charge is -2.10. The molecule has 0 aliphatic rings. The average Bonchev–Trinajstić information content (AvgIpc) is 2.46. The molecule has 0 saturated heterocycles. The number of hydrogen-bond acceptors (Lipinski definition) is 5. The van der Waals surface area contributed by atoms with E-state index in [1.54, 1.807) is 19.2 Å². The van der Waals surface area contributed by atoms with Crippen molar-refractivity contribution in [3.63, 3.8) is 0 Å². The normalized spacial score (nSPS) is 10.5. The van der Waals surface area contributed by atoms with Crippen LogP contribution >= 0.6 is 15.9 Å². The van der Waals surface area contributed by atoms with Gasteiger partial charge < -0.3 is 18.9 Å².